The van der Waals surface area contributed by atoms with Gasteiger partial charge in [-0.05, 0) is 80.8 Å². The van der Waals surface area contributed by atoms with Crippen molar-refractivity contribution in [3.05, 3.63) is 71.8 Å². The molecule has 10 atom stereocenters. The molecule has 1 saturated carbocycles. The van der Waals surface area contributed by atoms with Gasteiger partial charge in [0, 0.05) is 53.5 Å². The lowest BCUT2D eigenvalue weighted by Gasteiger charge is -2.40. The largest absolute Gasteiger partial charge is 0.450 e. The molecular weight excluding hydrogens is 1030 g/mol. The number of amides is 8. The van der Waals surface area contributed by atoms with E-state index in [1.54, 1.807) is 27.7 Å². The molecule has 0 spiro atoms. The van der Waals surface area contributed by atoms with E-state index in [4.69, 9.17) is 4.74 Å². The predicted molar refractivity (Wildman–Crippen MR) is 308 cm³/mol. The third-order valence-electron chi connectivity index (χ3n) is 16.7. The second-order valence-electron chi connectivity index (χ2n) is 24.7. The number of nitrogens with zero attached hydrogens (tertiary/aromatic N) is 5. The van der Waals surface area contributed by atoms with Crippen molar-refractivity contribution in [3.63, 3.8) is 0 Å². The van der Waals surface area contributed by atoms with Gasteiger partial charge in [0.1, 0.15) is 42.3 Å². The number of hydrogen-bond acceptors (Lipinski definition) is 11. The van der Waals surface area contributed by atoms with Gasteiger partial charge in [-0.25, -0.2) is 4.79 Å². The van der Waals surface area contributed by atoms with Crippen LogP contribution in [0, 0.1) is 29.6 Å². The van der Waals surface area contributed by atoms with E-state index >= 15 is 19.2 Å². The monoisotopic (exact) mass is 1130 g/mol. The highest BCUT2D eigenvalue weighted by Gasteiger charge is 2.48. The number of nitrogens with one attached hydrogen (secondary N) is 3. The number of esters is 1. The van der Waals surface area contributed by atoms with Gasteiger partial charge in [-0.15, -0.1) is 0 Å². The molecule has 0 unspecified atom stereocenters. The zero-order valence-electron chi connectivity index (χ0n) is 50.6. The zero-order valence-corrected chi connectivity index (χ0v) is 50.6. The molecule has 81 heavy (non-hydrogen) atoms. The van der Waals surface area contributed by atoms with Crippen LogP contribution >= 0.6 is 0 Å². The maximum Gasteiger partial charge on any atom is 0.332 e. The molecular formula is C62H94N8O11. The Kier molecular flexibility index (Phi) is 23.5. The molecule has 1 aliphatic carbocycles. The summed E-state index contributed by atoms with van der Waals surface area (Å²) in [4.78, 5) is 142. The number of cyclic esters (lactones) is 1. The van der Waals surface area contributed by atoms with E-state index in [2.05, 4.69) is 16.0 Å². The Morgan fingerprint density at radius 2 is 1.09 bits per heavy atom. The van der Waals surface area contributed by atoms with Crippen molar-refractivity contribution in [1.29, 1.82) is 0 Å². The second-order valence-corrected chi connectivity index (χ2v) is 24.7. The van der Waals surface area contributed by atoms with Gasteiger partial charge in [-0.1, -0.05) is 142 Å². The van der Waals surface area contributed by atoms with Gasteiger partial charge in [0.15, 0.2) is 12.1 Å². The molecule has 4 N–H and O–H groups in total. The number of carbonyl (C=O) groups is 9. The Bertz CT molecular complexity index is 2500. The summed E-state index contributed by atoms with van der Waals surface area (Å²) >= 11 is 0. The fourth-order valence-corrected chi connectivity index (χ4v) is 12.1. The van der Waals surface area contributed by atoms with E-state index in [-0.39, 0.29) is 38.1 Å². The Morgan fingerprint density at radius 3 is 1.59 bits per heavy atom. The van der Waals surface area contributed by atoms with Crippen LogP contribution in [-0.4, -0.2) is 178 Å². The summed E-state index contributed by atoms with van der Waals surface area (Å²) in [5, 5.41) is 20.7. The van der Waals surface area contributed by atoms with Crippen molar-refractivity contribution < 1.29 is 53.0 Å². The average Bonchev–Trinajstić information content (AvgIpc) is 3.95. The quantitative estimate of drug-likeness (QED) is 0.209. The first kappa shape index (κ1) is 65.4. The molecule has 3 fully saturated rings. The van der Waals surface area contributed by atoms with E-state index in [0.29, 0.717) is 31.2 Å². The first-order valence-corrected chi connectivity index (χ1v) is 29.4. The normalized spacial score (nSPS) is 27.1. The minimum absolute atomic E-state index is 0.00237. The molecule has 2 aromatic rings. The first-order valence-electron chi connectivity index (χ1n) is 29.4. The maximum absolute atomic E-state index is 15.4. The highest BCUT2D eigenvalue weighted by Crippen LogP contribution is 2.32. The molecule has 0 bridgehead atoms. The van der Waals surface area contributed by atoms with Gasteiger partial charge in [-0.2, -0.15) is 0 Å². The van der Waals surface area contributed by atoms with Gasteiger partial charge in [0.2, 0.25) is 41.4 Å². The molecule has 8 amide bonds. The van der Waals surface area contributed by atoms with E-state index < -0.39 is 137 Å². The summed E-state index contributed by atoms with van der Waals surface area (Å²) in [5.74, 6) is -8.29. The van der Waals surface area contributed by atoms with Gasteiger partial charge >= 0.3 is 5.97 Å². The van der Waals surface area contributed by atoms with Gasteiger partial charge in [0.25, 0.3) is 5.91 Å². The van der Waals surface area contributed by atoms with Crippen LogP contribution in [0.1, 0.15) is 138 Å². The van der Waals surface area contributed by atoms with Crippen LogP contribution in [-0.2, 0) is 60.7 Å². The van der Waals surface area contributed by atoms with Crippen LogP contribution in [0.2, 0.25) is 0 Å². The van der Waals surface area contributed by atoms with Crippen LogP contribution in [0.25, 0.3) is 0 Å². The molecule has 0 radical (unpaired) electrons. The second kappa shape index (κ2) is 29.0. The lowest BCUT2D eigenvalue weighted by atomic mass is 9.84. The summed E-state index contributed by atoms with van der Waals surface area (Å²) in [6.45, 7) is 17.3. The standard InChI is InChI=1S/C62H94N8O11/c1-15-40(8)48-59(77)67(12)49(38(4)5)54(72)63-44(34-37(2)3)57(75)69(14)52(62(9,10)80)61(79)81-51(43-30-23-18-24-31-43)60(78)68(13)50(39(6)7)55(73)64-45(35-41-26-19-16-20-27-41)56(74)66(11)47(36-42-28-21-17-22-29-42)58(76)70-33-25-32-46(70)53(71)65-48/h16-17,19-22,26-29,37-40,43-52,80H,15,18,23-25,30-36H2,1-14H3,(H,63,72)(H,64,73)(H,65,71)/t40-,44+,45+,46+,47+,48+,49+,50+,51+,52-/m1/s1. The van der Waals surface area contributed by atoms with Gasteiger partial charge in [-0.3, -0.25) is 38.4 Å². The Hall–Kier alpha value is -6.37. The number of carbonyl (C=O) groups excluding carboxylic acids is 9. The third-order valence-corrected chi connectivity index (χ3v) is 16.7. The number of fused-ring (bicyclic) bond motifs is 1. The van der Waals surface area contributed by atoms with Crippen molar-refractivity contribution in [2.24, 2.45) is 29.6 Å². The SMILES string of the molecule is CC[C@@H](C)[C@@H]1NC(=O)[C@@H]2CCCN2C(=O)[C@H](Cc2ccccc2)N(C)C(=O)[C@H](Cc2ccccc2)NC(=O)[C@H](C(C)C)N(C)C(=O)[C@H](C2CCCCC2)OC(=O)[C@H](C(C)(C)O)N(C)C(=O)[C@H](CC(C)C)NC(=O)[C@H](C(C)C)N(C)C1=O. The minimum atomic E-state index is -1.96. The molecule has 448 valence electrons. The molecule has 5 rings (SSSR count). The van der Waals surface area contributed by atoms with E-state index in [9.17, 15) is 29.1 Å². The topological polar surface area (TPSA) is 235 Å². The van der Waals surface area contributed by atoms with E-state index in [0.717, 1.165) is 29.7 Å². The maximum atomic E-state index is 15.4. The van der Waals surface area contributed by atoms with Crippen molar-refractivity contribution >= 4 is 53.2 Å². The lowest BCUT2D eigenvalue weighted by molar-refractivity contribution is -0.178. The van der Waals surface area contributed by atoms with Crippen molar-refractivity contribution in [2.75, 3.05) is 34.7 Å². The smallest absolute Gasteiger partial charge is 0.332 e. The third kappa shape index (κ3) is 16.4. The van der Waals surface area contributed by atoms with Crippen LogP contribution in [0.3, 0.4) is 0 Å². The van der Waals surface area contributed by atoms with E-state index in [1.807, 2.05) is 88.4 Å². The Morgan fingerprint density at radius 1 is 0.580 bits per heavy atom. The number of rotatable bonds is 12. The molecule has 19 nitrogen and oxygen atoms in total. The Balaban J connectivity index is 1.70. The van der Waals surface area contributed by atoms with Crippen molar-refractivity contribution in [1.82, 2.24) is 40.4 Å². The molecule has 19 heteroatoms. The summed E-state index contributed by atoms with van der Waals surface area (Å²) in [5.41, 5.74) is -0.524. The van der Waals surface area contributed by atoms with Crippen LogP contribution in [0.15, 0.2) is 60.7 Å². The van der Waals surface area contributed by atoms with Crippen molar-refractivity contribution in [2.45, 2.75) is 200 Å². The van der Waals surface area contributed by atoms with Crippen molar-refractivity contribution in [3.8, 4) is 0 Å². The predicted octanol–water partition coefficient (Wildman–Crippen LogP) is 4.91. The van der Waals surface area contributed by atoms with Gasteiger partial charge < -0.3 is 50.3 Å². The lowest BCUT2D eigenvalue weighted by Crippen LogP contribution is -2.63. The molecule has 2 aromatic carbocycles. The van der Waals surface area contributed by atoms with E-state index in [1.165, 1.54) is 61.6 Å². The van der Waals surface area contributed by atoms with Crippen LogP contribution < -0.4 is 16.0 Å². The van der Waals surface area contributed by atoms with Gasteiger partial charge in [0.05, 0.1) is 5.60 Å². The minimum Gasteiger partial charge on any atom is -0.450 e. The number of aliphatic hydroxyl groups is 1. The molecule has 0 aromatic heterocycles. The number of benzene rings is 2. The molecule has 2 saturated heterocycles. The molecule has 3 aliphatic rings. The Labute approximate surface area is 481 Å². The number of hydrogen-bond donors (Lipinski definition) is 4. The first-order chi connectivity index (χ1) is 38.1. The average molecular weight is 1130 g/mol. The van der Waals surface area contributed by atoms with Crippen LogP contribution in [0.5, 0.6) is 0 Å². The zero-order chi connectivity index (χ0) is 60.2. The molecule has 2 heterocycles. The number of likely N-dealkylation sites (N-methyl/N-ethyl adjacent to an activating group) is 4. The summed E-state index contributed by atoms with van der Waals surface area (Å²) in [6, 6.07) is 8.26. The fraction of sp³-hybridized carbons (Fsp3) is 0.661. The fourth-order valence-electron chi connectivity index (χ4n) is 12.1. The number of ether oxygens (including phenoxy) is 1. The molecule has 2 aliphatic heterocycles. The highest BCUT2D eigenvalue weighted by molar-refractivity contribution is 5.99. The van der Waals surface area contributed by atoms with Crippen LogP contribution in [0.4, 0.5) is 0 Å². The highest BCUT2D eigenvalue weighted by atomic mass is 16.6. The summed E-state index contributed by atoms with van der Waals surface area (Å²) in [7, 11) is 5.76. The summed E-state index contributed by atoms with van der Waals surface area (Å²) < 4.78 is 6.28. The summed E-state index contributed by atoms with van der Waals surface area (Å²) in [6.07, 6.45) is 3.26.